The Morgan fingerprint density at radius 3 is 2.16 bits per heavy atom. The first-order chi connectivity index (χ1) is 11.8. The van der Waals surface area contributed by atoms with Gasteiger partial charge in [-0.05, 0) is 44.4 Å². The lowest BCUT2D eigenvalue weighted by atomic mass is 9.81. The molecular weight excluding hydrogens is 323 g/mol. The Hall–Kier alpha value is -2.43. The summed E-state index contributed by atoms with van der Waals surface area (Å²) >= 11 is 0. The van der Waals surface area contributed by atoms with Gasteiger partial charge >= 0.3 is 11.9 Å². The molecule has 0 saturated heterocycles. The highest BCUT2D eigenvalue weighted by Gasteiger charge is 2.33. The van der Waals surface area contributed by atoms with E-state index in [4.69, 9.17) is 9.47 Å². The molecule has 1 aromatic rings. The Labute approximate surface area is 147 Å². The highest BCUT2D eigenvalue weighted by Crippen LogP contribution is 2.37. The molecule has 134 valence electrons. The molecule has 5 heteroatoms. The van der Waals surface area contributed by atoms with Gasteiger partial charge < -0.3 is 9.47 Å². The van der Waals surface area contributed by atoms with Gasteiger partial charge in [-0.2, -0.15) is 0 Å². The molecule has 3 unspecified atom stereocenters. The van der Waals surface area contributed by atoms with Crippen LogP contribution in [0.1, 0.15) is 44.6 Å². The van der Waals surface area contributed by atoms with Gasteiger partial charge in [0.2, 0.25) is 0 Å². The van der Waals surface area contributed by atoms with Gasteiger partial charge in [0.15, 0.2) is 0 Å². The molecule has 0 spiro atoms. The van der Waals surface area contributed by atoms with Crippen molar-refractivity contribution in [3.05, 3.63) is 54.1 Å². The Balaban J connectivity index is 1.96. The molecular formula is C20H23FO4. The van der Waals surface area contributed by atoms with Crippen molar-refractivity contribution in [3.8, 4) is 5.75 Å². The highest BCUT2D eigenvalue weighted by atomic mass is 19.1. The number of hydrogen-bond acceptors (Lipinski definition) is 4. The van der Waals surface area contributed by atoms with Crippen LogP contribution in [0.4, 0.5) is 4.39 Å². The lowest BCUT2D eigenvalue weighted by Gasteiger charge is -2.31. The number of carbonyl (C=O) groups is 2. The van der Waals surface area contributed by atoms with E-state index < -0.39 is 24.2 Å². The normalized spacial score (nSPS) is 22.8. The van der Waals surface area contributed by atoms with Crippen LogP contribution in [0.5, 0.6) is 5.75 Å². The van der Waals surface area contributed by atoms with Gasteiger partial charge in [0, 0.05) is 23.5 Å². The standard InChI is InChI=1S/C20H23FO4/c1-12(2)19(22)24-15-7-5-14(6-8-15)17-10-9-16(11-18(17)21)25-20(23)13(3)4/h5-8,16-18H,1,3,9-11H2,2,4H3. The second-order valence-corrected chi connectivity index (χ2v) is 6.48. The maximum absolute atomic E-state index is 14.5. The third kappa shape index (κ3) is 5.02. The van der Waals surface area contributed by atoms with E-state index in [0.29, 0.717) is 29.7 Å². The Bertz CT molecular complexity index is 677. The summed E-state index contributed by atoms with van der Waals surface area (Å²) in [6.45, 7) is 10.2. The van der Waals surface area contributed by atoms with Gasteiger partial charge in [-0.15, -0.1) is 0 Å². The molecule has 1 saturated carbocycles. The molecule has 3 atom stereocenters. The number of halogens is 1. The topological polar surface area (TPSA) is 52.6 Å². The SMILES string of the molecule is C=C(C)C(=O)Oc1ccc(C2CCC(OC(=O)C(=C)C)CC2F)cc1. The molecule has 25 heavy (non-hydrogen) atoms. The van der Waals surface area contributed by atoms with Crippen LogP contribution < -0.4 is 4.74 Å². The molecule has 0 amide bonds. The molecule has 0 heterocycles. The zero-order chi connectivity index (χ0) is 18.6. The molecule has 1 aromatic carbocycles. The lowest BCUT2D eigenvalue weighted by molar-refractivity contribution is -0.146. The molecule has 0 N–H and O–H groups in total. The molecule has 4 nitrogen and oxygen atoms in total. The predicted octanol–water partition coefficient (Wildman–Crippen LogP) is 4.26. The second-order valence-electron chi connectivity index (χ2n) is 6.48. The highest BCUT2D eigenvalue weighted by molar-refractivity contribution is 5.88. The van der Waals surface area contributed by atoms with Gasteiger partial charge in [-0.25, -0.2) is 14.0 Å². The van der Waals surface area contributed by atoms with Crippen molar-refractivity contribution in [3.63, 3.8) is 0 Å². The largest absolute Gasteiger partial charge is 0.459 e. The maximum Gasteiger partial charge on any atom is 0.338 e. The summed E-state index contributed by atoms with van der Waals surface area (Å²) in [6.07, 6.45) is -0.140. The number of alkyl halides is 1. The summed E-state index contributed by atoms with van der Waals surface area (Å²) in [5, 5.41) is 0. The molecule has 1 fully saturated rings. The molecule has 0 aliphatic heterocycles. The van der Waals surface area contributed by atoms with Crippen molar-refractivity contribution in [1.29, 1.82) is 0 Å². The number of hydrogen-bond donors (Lipinski definition) is 0. The van der Waals surface area contributed by atoms with Crippen molar-refractivity contribution < 1.29 is 23.5 Å². The van der Waals surface area contributed by atoms with Crippen molar-refractivity contribution >= 4 is 11.9 Å². The smallest absolute Gasteiger partial charge is 0.338 e. The van der Waals surface area contributed by atoms with Crippen molar-refractivity contribution in [2.45, 2.75) is 51.3 Å². The zero-order valence-corrected chi connectivity index (χ0v) is 14.6. The number of esters is 2. The predicted molar refractivity (Wildman–Crippen MR) is 93.1 cm³/mol. The van der Waals surface area contributed by atoms with E-state index in [1.54, 1.807) is 38.1 Å². The lowest BCUT2D eigenvalue weighted by Crippen LogP contribution is -2.31. The summed E-state index contributed by atoms with van der Waals surface area (Å²) in [6, 6.07) is 6.82. The third-order valence-corrected chi connectivity index (χ3v) is 4.21. The fraction of sp³-hybridized carbons (Fsp3) is 0.400. The molecule has 0 radical (unpaired) electrons. The van der Waals surface area contributed by atoms with Crippen LogP contribution in [0.3, 0.4) is 0 Å². The minimum atomic E-state index is -1.10. The minimum Gasteiger partial charge on any atom is -0.459 e. The van der Waals surface area contributed by atoms with Crippen LogP contribution in [0.2, 0.25) is 0 Å². The summed E-state index contributed by atoms with van der Waals surface area (Å²) < 4.78 is 24.9. The van der Waals surface area contributed by atoms with E-state index in [0.717, 1.165) is 5.56 Å². The minimum absolute atomic E-state index is 0.177. The average molecular weight is 346 g/mol. The van der Waals surface area contributed by atoms with E-state index in [2.05, 4.69) is 13.2 Å². The summed E-state index contributed by atoms with van der Waals surface area (Å²) in [5.41, 5.74) is 1.47. The fourth-order valence-electron chi connectivity index (χ4n) is 2.79. The molecule has 1 aliphatic rings. The molecule has 0 bridgehead atoms. The monoisotopic (exact) mass is 346 g/mol. The summed E-state index contributed by atoms with van der Waals surface area (Å²) in [4.78, 5) is 23.0. The quantitative estimate of drug-likeness (QED) is 0.454. The number of benzene rings is 1. The van der Waals surface area contributed by atoms with Crippen molar-refractivity contribution in [2.75, 3.05) is 0 Å². The van der Waals surface area contributed by atoms with Crippen LogP contribution in [0.25, 0.3) is 0 Å². The second kappa shape index (κ2) is 8.10. The van der Waals surface area contributed by atoms with Gasteiger partial charge in [0.05, 0.1) is 0 Å². The van der Waals surface area contributed by atoms with Crippen LogP contribution in [-0.2, 0) is 14.3 Å². The van der Waals surface area contributed by atoms with Crippen LogP contribution >= 0.6 is 0 Å². The van der Waals surface area contributed by atoms with Gasteiger partial charge in [0.25, 0.3) is 0 Å². The first-order valence-corrected chi connectivity index (χ1v) is 8.26. The van der Waals surface area contributed by atoms with Crippen LogP contribution in [0, 0.1) is 0 Å². The van der Waals surface area contributed by atoms with E-state index in [1.165, 1.54) is 0 Å². The average Bonchev–Trinajstić information content (AvgIpc) is 2.55. The van der Waals surface area contributed by atoms with Gasteiger partial charge in [-0.3, -0.25) is 0 Å². The van der Waals surface area contributed by atoms with E-state index >= 15 is 0 Å². The Kier molecular flexibility index (Phi) is 6.12. The molecule has 0 aromatic heterocycles. The fourth-order valence-corrected chi connectivity index (χ4v) is 2.79. The molecule has 1 aliphatic carbocycles. The number of rotatable bonds is 5. The van der Waals surface area contributed by atoms with E-state index in [9.17, 15) is 14.0 Å². The third-order valence-electron chi connectivity index (χ3n) is 4.21. The number of ether oxygens (including phenoxy) is 2. The molecule has 2 rings (SSSR count). The van der Waals surface area contributed by atoms with Gasteiger partial charge in [-0.1, -0.05) is 25.3 Å². The summed E-state index contributed by atoms with van der Waals surface area (Å²) in [7, 11) is 0. The Morgan fingerprint density at radius 1 is 1.04 bits per heavy atom. The number of carbonyl (C=O) groups excluding carboxylic acids is 2. The van der Waals surface area contributed by atoms with Crippen molar-refractivity contribution in [2.24, 2.45) is 0 Å². The Morgan fingerprint density at radius 2 is 1.64 bits per heavy atom. The van der Waals surface area contributed by atoms with E-state index in [1.807, 2.05) is 0 Å². The summed E-state index contributed by atoms with van der Waals surface area (Å²) in [5.74, 6) is -0.822. The zero-order valence-electron chi connectivity index (χ0n) is 14.6. The van der Waals surface area contributed by atoms with Crippen LogP contribution in [-0.4, -0.2) is 24.2 Å². The first kappa shape index (κ1) is 18.9. The van der Waals surface area contributed by atoms with Crippen LogP contribution in [0.15, 0.2) is 48.6 Å². The van der Waals surface area contributed by atoms with E-state index in [-0.39, 0.29) is 12.3 Å². The maximum atomic E-state index is 14.5. The van der Waals surface area contributed by atoms with Crippen molar-refractivity contribution in [1.82, 2.24) is 0 Å². The first-order valence-electron chi connectivity index (χ1n) is 8.26. The van der Waals surface area contributed by atoms with Gasteiger partial charge in [0.1, 0.15) is 18.0 Å².